The zero-order chi connectivity index (χ0) is 16.1. The minimum Gasteiger partial charge on any atom is -0.260 e. The van der Waals surface area contributed by atoms with Crippen LogP contribution in [0.4, 0.5) is 0 Å². The van der Waals surface area contributed by atoms with Gasteiger partial charge in [-0.25, -0.2) is 9.98 Å². The van der Waals surface area contributed by atoms with Crippen LogP contribution in [0.1, 0.15) is 25.2 Å². The van der Waals surface area contributed by atoms with Gasteiger partial charge in [-0.15, -0.1) is 11.8 Å². The average Bonchev–Trinajstić information content (AvgIpc) is 2.87. The van der Waals surface area contributed by atoms with Crippen LogP contribution in [0.5, 0.6) is 0 Å². The van der Waals surface area contributed by atoms with Crippen molar-refractivity contribution in [1.82, 2.24) is 9.97 Å². The maximum Gasteiger partial charge on any atom is 0.185 e. The highest BCUT2D eigenvalue weighted by atomic mass is 32.2. The summed E-state index contributed by atoms with van der Waals surface area (Å²) in [6.45, 7) is 4.21. The third-order valence-corrected chi connectivity index (χ3v) is 5.44. The van der Waals surface area contributed by atoms with Crippen molar-refractivity contribution < 1.29 is 0 Å². The Labute approximate surface area is 145 Å². The Bertz CT molecular complexity index is 712. The molecule has 0 N–H and O–H groups in total. The van der Waals surface area contributed by atoms with E-state index in [9.17, 15) is 0 Å². The zero-order valence-electron chi connectivity index (χ0n) is 13.1. The van der Waals surface area contributed by atoms with Crippen molar-refractivity contribution >= 4 is 33.7 Å². The summed E-state index contributed by atoms with van der Waals surface area (Å²) in [4.78, 5) is 18.1. The first kappa shape index (κ1) is 16.2. The van der Waals surface area contributed by atoms with Crippen molar-refractivity contribution in [3.63, 3.8) is 0 Å². The molecule has 6 heteroatoms. The molecule has 0 atom stereocenters. The molecule has 0 fully saturated rings. The number of thioether (sulfide) groups is 2. The first-order chi connectivity index (χ1) is 11.1. The van der Waals surface area contributed by atoms with Crippen LogP contribution in [-0.4, -0.2) is 25.7 Å². The number of rotatable bonds is 4. The predicted molar refractivity (Wildman–Crippen MR) is 100 cm³/mol. The van der Waals surface area contributed by atoms with E-state index in [0.29, 0.717) is 0 Å². The lowest BCUT2D eigenvalue weighted by Gasteiger charge is -2.15. The van der Waals surface area contributed by atoms with Crippen LogP contribution in [0.3, 0.4) is 0 Å². The zero-order valence-corrected chi connectivity index (χ0v) is 14.8. The molecule has 0 bridgehead atoms. The van der Waals surface area contributed by atoms with Gasteiger partial charge in [-0.1, -0.05) is 23.9 Å². The van der Waals surface area contributed by atoms with E-state index in [-0.39, 0.29) is 5.54 Å². The quantitative estimate of drug-likeness (QED) is 0.836. The van der Waals surface area contributed by atoms with E-state index in [1.54, 1.807) is 23.5 Å². The Morgan fingerprint density at radius 1 is 0.870 bits per heavy atom. The first-order valence-electron chi connectivity index (χ1n) is 7.38. The van der Waals surface area contributed by atoms with Gasteiger partial charge < -0.3 is 0 Å². The Kier molecular flexibility index (Phi) is 5.13. The fraction of sp³-hybridized carbons (Fsp3) is 0.294. The molecule has 1 aliphatic rings. The van der Waals surface area contributed by atoms with Crippen LogP contribution < -0.4 is 0 Å². The number of nitrogens with zero attached hydrogens (tertiary/aromatic N) is 4. The van der Waals surface area contributed by atoms with E-state index in [4.69, 9.17) is 9.98 Å². The van der Waals surface area contributed by atoms with Gasteiger partial charge >= 0.3 is 0 Å². The van der Waals surface area contributed by atoms with Gasteiger partial charge in [-0.05, 0) is 38.1 Å². The summed E-state index contributed by atoms with van der Waals surface area (Å²) in [5.41, 5.74) is 1.85. The van der Waals surface area contributed by atoms with Crippen molar-refractivity contribution in [2.24, 2.45) is 9.98 Å². The number of aliphatic imine (C=N–C) groups is 2. The lowest BCUT2D eigenvalue weighted by atomic mass is 10.1. The smallest absolute Gasteiger partial charge is 0.185 e. The fourth-order valence-electron chi connectivity index (χ4n) is 2.06. The highest BCUT2D eigenvalue weighted by Crippen LogP contribution is 2.31. The molecule has 2 aromatic rings. The van der Waals surface area contributed by atoms with Gasteiger partial charge in [0.15, 0.2) is 5.17 Å². The Balaban J connectivity index is 1.60. The van der Waals surface area contributed by atoms with Gasteiger partial charge in [0.2, 0.25) is 0 Å². The average molecular weight is 342 g/mol. The molecule has 3 heterocycles. The third kappa shape index (κ3) is 4.42. The van der Waals surface area contributed by atoms with E-state index < -0.39 is 0 Å². The molecule has 0 spiro atoms. The number of hydrogen-bond acceptors (Lipinski definition) is 6. The Morgan fingerprint density at radius 3 is 2.04 bits per heavy atom. The second-order valence-electron chi connectivity index (χ2n) is 5.59. The normalized spacial score (nSPS) is 16.1. The number of pyridine rings is 2. The fourth-order valence-corrected chi connectivity index (χ4v) is 4.02. The van der Waals surface area contributed by atoms with Crippen molar-refractivity contribution in [2.75, 3.05) is 0 Å². The highest BCUT2D eigenvalue weighted by molar-refractivity contribution is 8.15. The second-order valence-corrected chi connectivity index (χ2v) is 7.50. The van der Waals surface area contributed by atoms with Crippen LogP contribution in [0.2, 0.25) is 0 Å². The van der Waals surface area contributed by atoms with Gasteiger partial charge in [0.1, 0.15) is 10.6 Å². The van der Waals surface area contributed by atoms with Gasteiger partial charge in [-0.3, -0.25) is 9.97 Å². The summed E-state index contributed by atoms with van der Waals surface area (Å²) in [5, 5.41) is 1.89. The molecule has 23 heavy (non-hydrogen) atoms. The number of amidine groups is 1. The second kappa shape index (κ2) is 7.27. The molecule has 1 aliphatic heterocycles. The summed E-state index contributed by atoms with van der Waals surface area (Å²) in [5.74, 6) is 1.61. The number of hydrogen-bond donors (Lipinski definition) is 0. The largest absolute Gasteiger partial charge is 0.260 e. The molecular formula is C17H18N4S2. The SMILES string of the molecule is CC1(C)N=C(SCc2ccccn2)N=C1SCc1ccccn1. The van der Waals surface area contributed by atoms with E-state index in [0.717, 1.165) is 33.1 Å². The molecule has 0 aromatic carbocycles. The van der Waals surface area contributed by atoms with Gasteiger partial charge in [0, 0.05) is 23.9 Å². The van der Waals surface area contributed by atoms with Crippen molar-refractivity contribution in [3.8, 4) is 0 Å². The molecule has 4 nitrogen and oxygen atoms in total. The van der Waals surface area contributed by atoms with Crippen LogP contribution in [0, 0.1) is 0 Å². The topological polar surface area (TPSA) is 50.5 Å². The molecular weight excluding hydrogens is 324 g/mol. The summed E-state index contributed by atoms with van der Waals surface area (Å²) in [6, 6.07) is 11.9. The molecule has 118 valence electrons. The van der Waals surface area contributed by atoms with E-state index in [2.05, 4.69) is 23.8 Å². The minimum atomic E-state index is -0.258. The molecule has 0 unspecified atom stereocenters. The highest BCUT2D eigenvalue weighted by Gasteiger charge is 2.31. The first-order valence-corrected chi connectivity index (χ1v) is 9.35. The lowest BCUT2D eigenvalue weighted by Crippen LogP contribution is -2.23. The molecule has 0 radical (unpaired) electrons. The maximum atomic E-state index is 4.74. The molecule has 0 aliphatic carbocycles. The minimum absolute atomic E-state index is 0.258. The van der Waals surface area contributed by atoms with E-state index >= 15 is 0 Å². The van der Waals surface area contributed by atoms with E-state index in [1.165, 1.54) is 0 Å². The van der Waals surface area contributed by atoms with Crippen LogP contribution in [0.25, 0.3) is 0 Å². The molecule has 3 rings (SSSR count). The van der Waals surface area contributed by atoms with Crippen LogP contribution >= 0.6 is 23.5 Å². The predicted octanol–water partition coefficient (Wildman–Crippen LogP) is 4.19. The molecule has 0 amide bonds. The van der Waals surface area contributed by atoms with Crippen molar-refractivity contribution in [2.45, 2.75) is 30.9 Å². The van der Waals surface area contributed by atoms with Gasteiger partial charge in [0.25, 0.3) is 0 Å². The summed E-state index contributed by atoms with van der Waals surface area (Å²) in [7, 11) is 0. The molecule has 2 aromatic heterocycles. The van der Waals surface area contributed by atoms with Gasteiger partial charge in [0.05, 0.1) is 11.4 Å². The van der Waals surface area contributed by atoms with Crippen LogP contribution in [0.15, 0.2) is 58.8 Å². The maximum absolute atomic E-state index is 4.74. The van der Waals surface area contributed by atoms with Crippen LogP contribution in [-0.2, 0) is 11.5 Å². The van der Waals surface area contributed by atoms with Crippen molar-refractivity contribution in [3.05, 3.63) is 60.2 Å². The molecule has 0 saturated carbocycles. The standard InChI is InChI=1S/C17H18N4S2/c1-17(2)15(22-11-13-7-3-5-9-18-13)20-16(21-17)23-12-14-8-4-6-10-19-14/h3-10H,11-12H2,1-2H3. The van der Waals surface area contributed by atoms with Crippen molar-refractivity contribution in [1.29, 1.82) is 0 Å². The monoisotopic (exact) mass is 342 g/mol. The van der Waals surface area contributed by atoms with E-state index in [1.807, 2.05) is 48.8 Å². The summed E-state index contributed by atoms with van der Waals surface area (Å²) < 4.78 is 0. The number of aromatic nitrogens is 2. The summed E-state index contributed by atoms with van der Waals surface area (Å²) >= 11 is 3.35. The Morgan fingerprint density at radius 2 is 1.48 bits per heavy atom. The summed E-state index contributed by atoms with van der Waals surface area (Å²) in [6.07, 6.45) is 3.63. The van der Waals surface area contributed by atoms with Gasteiger partial charge in [-0.2, -0.15) is 0 Å². The lowest BCUT2D eigenvalue weighted by molar-refractivity contribution is 0.728. The molecule has 0 saturated heterocycles. The third-order valence-electron chi connectivity index (χ3n) is 3.25. The Hall–Kier alpha value is -1.66.